The van der Waals surface area contributed by atoms with Gasteiger partial charge >= 0.3 is 21.7 Å². The first-order valence-electron chi connectivity index (χ1n) is 13.7. The van der Waals surface area contributed by atoms with Crippen LogP contribution in [0.25, 0.3) is 20.7 Å². The molecule has 2 saturated heterocycles. The molecule has 0 aromatic carbocycles. The van der Waals surface area contributed by atoms with Gasteiger partial charge in [0.25, 0.3) is 0 Å². The highest BCUT2D eigenvalue weighted by Crippen LogP contribution is 2.35. The summed E-state index contributed by atoms with van der Waals surface area (Å²) in [4.78, 5) is 63.0. The van der Waals surface area contributed by atoms with Gasteiger partial charge in [0.2, 0.25) is 5.95 Å². The number of aliphatic hydroxyl groups excluding tert-OH is 1. The van der Waals surface area contributed by atoms with Crippen molar-refractivity contribution in [1.82, 2.24) is 29.1 Å². The van der Waals surface area contributed by atoms with Crippen molar-refractivity contribution in [2.24, 2.45) is 0 Å². The SMILES string of the molecule is CC(=O)O[C@@H]1C[C@@H](CO)O[C@H]1n1c(=O)sc2cnc(C)nc21.CC[C@@H]1C[C@@H](OC(C)=O)[C@H](n2c(=O)sc3cnc(N)nc32)O1. The minimum absolute atomic E-state index is 0.0737. The summed E-state index contributed by atoms with van der Waals surface area (Å²) in [7, 11) is 0. The first-order valence-corrected chi connectivity index (χ1v) is 15.4. The molecule has 6 heterocycles. The van der Waals surface area contributed by atoms with Crippen LogP contribution in [-0.2, 0) is 28.5 Å². The molecule has 6 atom stereocenters. The predicted molar refractivity (Wildman–Crippen MR) is 158 cm³/mol. The molecule has 3 N–H and O–H groups in total. The number of nitrogens with two attached hydrogens (primary N) is 1. The first-order chi connectivity index (χ1) is 21.0. The zero-order valence-electron chi connectivity index (χ0n) is 24.2. The highest BCUT2D eigenvalue weighted by atomic mass is 32.1. The molecule has 0 unspecified atom stereocenters. The number of carbonyl (C=O) groups excluding carboxylic acids is 2. The summed E-state index contributed by atoms with van der Waals surface area (Å²) in [6.07, 6.45) is 1.53. The Kier molecular flexibility index (Phi) is 9.35. The molecule has 4 aromatic heterocycles. The average Bonchev–Trinajstić information content (AvgIpc) is 3.70. The molecule has 0 saturated carbocycles. The molecule has 0 spiro atoms. The minimum Gasteiger partial charge on any atom is -0.458 e. The van der Waals surface area contributed by atoms with Crippen LogP contribution < -0.4 is 15.5 Å². The van der Waals surface area contributed by atoms with Gasteiger partial charge in [-0.2, -0.15) is 4.98 Å². The van der Waals surface area contributed by atoms with Gasteiger partial charge in [0.05, 0.1) is 40.6 Å². The number of carbonyl (C=O) groups is 2. The lowest BCUT2D eigenvalue weighted by Crippen LogP contribution is -2.30. The largest absolute Gasteiger partial charge is 0.458 e. The second-order valence-corrected chi connectivity index (χ2v) is 12.1. The van der Waals surface area contributed by atoms with E-state index in [0.717, 1.165) is 29.1 Å². The summed E-state index contributed by atoms with van der Waals surface area (Å²) in [6.45, 7) is 6.13. The number of fused-ring (bicyclic) bond motifs is 2. The molecule has 2 aliphatic rings. The molecule has 2 fully saturated rings. The number of nitrogen functional groups attached to an aromatic ring is 1. The lowest BCUT2D eigenvalue weighted by molar-refractivity contribution is -0.153. The minimum atomic E-state index is -0.795. The third-order valence-corrected chi connectivity index (χ3v) is 8.71. The highest BCUT2D eigenvalue weighted by Gasteiger charge is 2.41. The number of aromatic nitrogens is 6. The van der Waals surface area contributed by atoms with E-state index in [9.17, 15) is 24.3 Å². The van der Waals surface area contributed by atoms with Crippen molar-refractivity contribution in [3.8, 4) is 0 Å². The molecule has 0 aliphatic carbocycles. The van der Waals surface area contributed by atoms with Crippen molar-refractivity contribution >= 4 is 61.3 Å². The van der Waals surface area contributed by atoms with Crippen LogP contribution in [-0.4, -0.2) is 77.1 Å². The van der Waals surface area contributed by atoms with Crippen molar-refractivity contribution in [1.29, 1.82) is 0 Å². The number of esters is 2. The Labute approximate surface area is 257 Å². The van der Waals surface area contributed by atoms with Gasteiger partial charge in [0.15, 0.2) is 23.8 Å². The third-order valence-electron chi connectivity index (χ3n) is 6.95. The lowest BCUT2D eigenvalue weighted by Gasteiger charge is -2.19. The van der Waals surface area contributed by atoms with Gasteiger partial charge < -0.3 is 29.8 Å². The second kappa shape index (κ2) is 13.0. The van der Waals surface area contributed by atoms with E-state index >= 15 is 0 Å². The van der Waals surface area contributed by atoms with Crippen molar-refractivity contribution in [2.75, 3.05) is 12.3 Å². The number of aryl methyl sites for hydroxylation is 1. The number of rotatable bonds is 6. The summed E-state index contributed by atoms with van der Waals surface area (Å²) >= 11 is 2.01. The topological polar surface area (TPSA) is 213 Å². The Bertz CT molecular complexity index is 1670. The van der Waals surface area contributed by atoms with Crippen LogP contribution >= 0.6 is 22.7 Å². The van der Waals surface area contributed by atoms with Crippen LogP contribution in [0.3, 0.4) is 0 Å². The molecule has 16 nitrogen and oxygen atoms in total. The number of thiazole rings is 2. The van der Waals surface area contributed by atoms with Crippen LogP contribution in [0.1, 0.15) is 58.3 Å². The number of ether oxygens (including phenoxy) is 4. The van der Waals surface area contributed by atoms with Gasteiger partial charge in [0.1, 0.15) is 18.0 Å². The molecular formula is C26H31N7O9S2. The van der Waals surface area contributed by atoms with Gasteiger partial charge in [0, 0.05) is 26.7 Å². The normalized spacial score (nSPS) is 24.8. The van der Waals surface area contributed by atoms with Crippen LogP contribution in [0.4, 0.5) is 5.95 Å². The van der Waals surface area contributed by atoms with E-state index in [4.69, 9.17) is 24.7 Å². The number of anilines is 1. The van der Waals surface area contributed by atoms with E-state index in [1.807, 2.05) is 6.92 Å². The summed E-state index contributed by atoms with van der Waals surface area (Å²) in [5.41, 5.74) is 6.46. The summed E-state index contributed by atoms with van der Waals surface area (Å²) in [6, 6.07) is 0. The van der Waals surface area contributed by atoms with E-state index in [-0.39, 0.29) is 28.4 Å². The zero-order valence-corrected chi connectivity index (χ0v) is 25.9. The lowest BCUT2D eigenvalue weighted by atomic mass is 10.1. The van der Waals surface area contributed by atoms with E-state index < -0.39 is 42.7 Å². The number of hydrogen-bond donors (Lipinski definition) is 2. The maximum absolute atomic E-state index is 12.3. The molecular weight excluding hydrogens is 618 g/mol. The van der Waals surface area contributed by atoms with Crippen molar-refractivity contribution < 1.29 is 33.6 Å². The molecule has 2 aliphatic heterocycles. The van der Waals surface area contributed by atoms with Crippen LogP contribution in [0.2, 0.25) is 0 Å². The fourth-order valence-corrected chi connectivity index (χ4v) is 6.76. The van der Waals surface area contributed by atoms with E-state index in [1.54, 1.807) is 13.1 Å². The predicted octanol–water partition coefficient (Wildman–Crippen LogP) is 1.44. The smallest absolute Gasteiger partial charge is 0.311 e. The van der Waals surface area contributed by atoms with Gasteiger partial charge in [-0.3, -0.25) is 28.3 Å². The van der Waals surface area contributed by atoms with E-state index in [1.165, 1.54) is 29.2 Å². The maximum Gasteiger partial charge on any atom is 0.311 e. The van der Waals surface area contributed by atoms with Gasteiger partial charge in [-0.15, -0.1) is 0 Å². The molecule has 0 amide bonds. The number of hydrogen-bond acceptors (Lipinski definition) is 16. The summed E-state index contributed by atoms with van der Waals surface area (Å²) in [5, 5.41) is 9.28. The van der Waals surface area contributed by atoms with Crippen molar-refractivity contribution in [2.45, 2.75) is 83.8 Å². The Balaban J connectivity index is 0.000000175. The Morgan fingerprint density at radius 3 is 1.95 bits per heavy atom. The number of nitrogens with zero attached hydrogens (tertiary/aromatic N) is 6. The molecule has 0 bridgehead atoms. The van der Waals surface area contributed by atoms with Crippen LogP contribution in [0.5, 0.6) is 0 Å². The molecule has 6 rings (SSSR count). The van der Waals surface area contributed by atoms with Gasteiger partial charge in [-0.05, 0) is 13.3 Å². The Hall–Kier alpha value is -3.84. The Morgan fingerprint density at radius 1 is 0.932 bits per heavy atom. The van der Waals surface area contributed by atoms with E-state index in [0.29, 0.717) is 39.4 Å². The first kappa shape index (κ1) is 31.6. The molecule has 4 aromatic rings. The molecule has 0 radical (unpaired) electrons. The van der Waals surface area contributed by atoms with Crippen molar-refractivity contribution in [3.05, 3.63) is 37.6 Å². The fourth-order valence-electron chi connectivity index (χ4n) is 5.12. The standard InChI is InChI=1S/C13H16N4O4S.C13H15N3O5S/c1-3-7-4-8(20-6(2)18)11(21-7)17-10-9(22-13(17)19)5-15-12(14)16-10;1-6-14-4-10-11(15-6)16(13(19)22-10)12-9(20-7(2)18)3-8(5-17)21-12/h5,7-8,11H,3-4H2,1-2H3,(H2,14,15,16);4,8-9,12,17H,3,5H2,1-2H3/t7-,8-,11-;8-,9+,12+/m10/s1. The monoisotopic (exact) mass is 649 g/mol. The van der Waals surface area contributed by atoms with Crippen LogP contribution in [0.15, 0.2) is 22.0 Å². The molecule has 236 valence electrons. The zero-order chi connectivity index (χ0) is 31.7. The summed E-state index contributed by atoms with van der Waals surface area (Å²) < 4.78 is 26.2. The molecule has 18 heteroatoms. The summed E-state index contributed by atoms with van der Waals surface area (Å²) in [5.74, 6) is -0.263. The Morgan fingerprint density at radius 2 is 1.43 bits per heavy atom. The maximum atomic E-state index is 12.3. The quantitative estimate of drug-likeness (QED) is 0.283. The fraction of sp³-hybridized carbons (Fsp3) is 0.538. The second-order valence-electron chi connectivity index (χ2n) is 10.2. The highest BCUT2D eigenvalue weighted by molar-refractivity contribution is 7.16. The van der Waals surface area contributed by atoms with E-state index in [2.05, 4.69) is 19.9 Å². The van der Waals surface area contributed by atoms with Crippen LogP contribution in [0, 0.1) is 6.92 Å². The number of aliphatic hydroxyl groups is 1. The average molecular weight is 650 g/mol. The van der Waals surface area contributed by atoms with Crippen molar-refractivity contribution in [3.63, 3.8) is 0 Å². The third kappa shape index (κ3) is 6.48. The molecule has 44 heavy (non-hydrogen) atoms. The van der Waals surface area contributed by atoms with Gasteiger partial charge in [-0.25, -0.2) is 15.0 Å². The van der Waals surface area contributed by atoms with Gasteiger partial charge in [-0.1, -0.05) is 29.6 Å².